The molecule has 1 aliphatic rings. The highest BCUT2D eigenvalue weighted by atomic mass is 16.2. The van der Waals surface area contributed by atoms with Crippen LogP contribution in [-0.2, 0) is 16.1 Å². The maximum absolute atomic E-state index is 12.3. The molecule has 0 spiro atoms. The minimum atomic E-state index is -0.347. The van der Waals surface area contributed by atoms with E-state index in [1.165, 1.54) is 15.5 Å². The first kappa shape index (κ1) is 15.3. The summed E-state index contributed by atoms with van der Waals surface area (Å²) in [7, 11) is 3.40. The number of rotatable bonds is 4. The van der Waals surface area contributed by atoms with Crippen LogP contribution in [-0.4, -0.2) is 52.9 Å². The van der Waals surface area contributed by atoms with Crippen molar-refractivity contribution in [2.45, 2.75) is 31.8 Å². The highest BCUT2D eigenvalue weighted by Gasteiger charge is 2.34. The van der Waals surface area contributed by atoms with Crippen LogP contribution in [0.5, 0.6) is 0 Å². The molecule has 1 aliphatic heterocycles. The van der Waals surface area contributed by atoms with Crippen molar-refractivity contribution in [1.29, 1.82) is 0 Å². The Bertz CT molecular complexity index is 580. The van der Waals surface area contributed by atoms with Gasteiger partial charge in [-0.05, 0) is 18.9 Å². The Morgan fingerprint density at radius 1 is 1.33 bits per heavy atom. The Morgan fingerprint density at radius 3 is 2.76 bits per heavy atom. The first-order chi connectivity index (χ1) is 10.0. The van der Waals surface area contributed by atoms with E-state index in [-0.39, 0.29) is 29.8 Å². The molecule has 1 aromatic heterocycles. The molecule has 0 radical (unpaired) electrons. The summed E-state index contributed by atoms with van der Waals surface area (Å²) in [6, 6.07) is 4.56. The van der Waals surface area contributed by atoms with E-state index >= 15 is 0 Å². The third-order valence-corrected chi connectivity index (χ3v) is 3.76. The second-order valence-electron chi connectivity index (χ2n) is 5.46. The molecular formula is C15H21N3O3. The van der Waals surface area contributed by atoms with Crippen molar-refractivity contribution in [3.8, 4) is 0 Å². The lowest BCUT2D eigenvalue weighted by atomic mass is 10.2. The molecule has 0 bridgehead atoms. The van der Waals surface area contributed by atoms with Gasteiger partial charge in [-0.25, -0.2) is 0 Å². The lowest BCUT2D eigenvalue weighted by molar-refractivity contribution is -0.142. The fourth-order valence-corrected chi connectivity index (χ4v) is 2.63. The van der Waals surface area contributed by atoms with Gasteiger partial charge in [0.25, 0.3) is 5.56 Å². The van der Waals surface area contributed by atoms with Crippen molar-refractivity contribution in [3.63, 3.8) is 0 Å². The van der Waals surface area contributed by atoms with Crippen molar-refractivity contribution in [2.75, 3.05) is 20.6 Å². The zero-order valence-corrected chi connectivity index (χ0v) is 12.5. The topological polar surface area (TPSA) is 62.6 Å². The van der Waals surface area contributed by atoms with E-state index in [4.69, 9.17) is 0 Å². The van der Waals surface area contributed by atoms with E-state index in [9.17, 15) is 14.4 Å². The highest BCUT2D eigenvalue weighted by Crippen LogP contribution is 2.19. The molecule has 1 saturated heterocycles. The van der Waals surface area contributed by atoms with Crippen molar-refractivity contribution < 1.29 is 9.59 Å². The SMILES string of the molecule is CN(C)C(=O)C1CCCN1C(=O)CCn1ccccc1=O. The number of hydrogen-bond acceptors (Lipinski definition) is 3. The number of aryl methyl sites for hydroxylation is 1. The number of hydrogen-bond donors (Lipinski definition) is 0. The molecule has 2 heterocycles. The number of nitrogens with zero attached hydrogens (tertiary/aromatic N) is 3. The highest BCUT2D eigenvalue weighted by molar-refractivity contribution is 5.88. The minimum Gasteiger partial charge on any atom is -0.347 e. The lowest BCUT2D eigenvalue weighted by Crippen LogP contribution is -2.45. The van der Waals surface area contributed by atoms with Gasteiger partial charge < -0.3 is 14.4 Å². The van der Waals surface area contributed by atoms with Crippen LogP contribution < -0.4 is 5.56 Å². The molecule has 0 aliphatic carbocycles. The molecule has 1 atom stereocenters. The third-order valence-electron chi connectivity index (χ3n) is 3.76. The minimum absolute atomic E-state index is 0.0299. The number of aromatic nitrogens is 1. The summed E-state index contributed by atoms with van der Waals surface area (Å²) >= 11 is 0. The Hall–Kier alpha value is -2.11. The monoisotopic (exact) mass is 291 g/mol. The molecule has 0 N–H and O–H groups in total. The summed E-state index contributed by atoms with van der Waals surface area (Å²) < 4.78 is 1.51. The summed E-state index contributed by atoms with van der Waals surface area (Å²) in [5.74, 6) is -0.0961. The van der Waals surface area contributed by atoms with E-state index in [0.717, 1.165) is 6.42 Å². The zero-order valence-electron chi connectivity index (χ0n) is 12.5. The van der Waals surface area contributed by atoms with Crippen LogP contribution in [0.25, 0.3) is 0 Å². The fourth-order valence-electron chi connectivity index (χ4n) is 2.63. The van der Waals surface area contributed by atoms with Crippen LogP contribution in [0.1, 0.15) is 19.3 Å². The van der Waals surface area contributed by atoms with Gasteiger partial charge in [0.05, 0.1) is 0 Å². The first-order valence-corrected chi connectivity index (χ1v) is 7.17. The molecular weight excluding hydrogens is 270 g/mol. The number of amides is 2. The van der Waals surface area contributed by atoms with Gasteiger partial charge in [0.15, 0.2) is 0 Å². The molecule has 2 amide bonds. The van der Waals surface area contributed by atoms with E-state index in [2.05, 4.69) is 0 Å². The average Bonchev–Trinajstić information content (AvgIpc) is 2.94. The summed E-state index contributed by atoms with van der Waals surface area (Å²) in [6.07, 6.45) is 3.47. The van der Waals surface area contributed by atoms with Crippen LogP contribution in [0.4, 0.5) is 0 Å². The van der Waals surface area contributed by atoms with E-state index in [0.29, 0.717) is 19.5 Å². The van der Waals surface area contributed by atoms with Gasteiger partial charge in [0, 0.05) is 45.9 Å². The summed E-state index contributed by atoms with van der Waals surface area (Å²) in [5, 5.41) is 0. The van der Waals surface area contributed by atoms with E-state index in [1.54, 1.807) is 37.3 Å². The lowest BCUT2D eigenvalue weighted by Gasteiger charge is -2.26. The van der Waals surface area contributed by atoms with E-state index < -0.39 is 0 Å². The van der Waals surface area contributed by atoms with Crippen LogP contribution in [0.2, 0.25) is 0 Å². The molecule has 1 fully saturated rings. The van der Waals surface area contributed by atoms with Gasteiger partial charge in [-0.3, -0.25) is 14.4 Å². The Kier molecular flexibility index (Phi) is 4.77. The quantitative estimate of drug-likeness (QED) is 0.802. The van der Waals surface area contributed by atoms with Gasteiger partial charge in [0.2, 0.25) is 11.8 Å². The van der Waals surface area contributed by atoms with Crippen LogP contribution in [0, 0.1) is 0 Å². The summed E-state index contributed by atoms with van der Waals surface area (Å²) in [5.41, 5.74) is -0.118. The second kappa shape index (κ2) is 6.56. The number of likely N-dealkylation sites (N-methyl/N-ethyl adjacent to an activating group) is 1. The molecule has 0 aromatic carbocycles. The van der Waals surface area contributed by atoms with Crippen molar-refractivity contribution in [2.24, 2.45) is 0 Å². The molecule has 0 saturated carbocycles. The molecule has 2 rings (SSSR count). The van der Waals surface area contributed by atoms with Crippen molar-refractivity contribution in [3.05, 3.63) is 34.7 Å². The number of likely N-dealkylation sites (tertiary alicyclic amines) is 1. The largest absolute Gasteiger partial charge is 0.347 e. The third kappa shape index (κ3) is 3.51. The zero-order chi connectivity index (χ0) is 15.4. The van der Waals surface area contributed by atoms with Gasteiger partial charge in [0.1, 0.15) is 6.04 Å². The van der Waals surface area contributed by atoms with Crippen molar-refractivity contribution >= 4 is 11.8 Å². The van der Waals surface area contributed by atoms with Gasteiger partial charge in [-0.1, -0.05) is 6.07 Å². The first-order valence-electron chi connectivity index (χ1n) is 7.17. The van der Waals surface area contributed by atoms with Crippen LogP contribution in [0.15, 0.2) is 29.2 Å². The Labute approximate surface area is 124 Å². The maximum Gasteiger partial charge on any atom is 0.250 e. The van der Waals surface area contributed by atoms with Crippen molar-refractivity contribution in [1.82, 2.24) is 14.4 Å². The fraction of sp³-hybridized carbons (Fsp3) is 0.533. The Morgan fingerprint density at radius 2 is 2.10 bits per heavy atom. The van der Waals surface area contributed by atoms with E-state index in [1.807, 2.05) is 0 Å². The van der Waals surface area contributed by atoms with Gasteiger partial charge >= 0.3 is 0 Å². The molecule has 114 valence electrons. The summed E-state index contributed by atoms with van der Waals surface area (Å²) in [4.78, 5) is 39.1. The smallest absolute Gasteiger partial charge is 0.250 e. The van der Waals surface area contributed by atoms with Gasteiger partial charge in [-0.15, -0.1) is 0 Å². The number of pyridine rings is 1. The predicted molar refractivity (Wildman–Crippen MR) is 78.7 cm³/mol. The van der Waals surface area contributed by atoms with Gasteiger partial charge in [-0.2, -0.15) is 0 Å². The number of carbonyl (C=O) groups is 2. The molecule has 6 nitrogen and oxygen atoms in total. The van der Waals surface area contributed by atoms with Crippen LogP contribution >= 0.6 is 0 Å². The van der Waals surface area contributed by atoms with Crippen LogP contribution in [0.3, 0.4) is 0 Å². The summed E-state index contributed by atoms with van der Waals surface area (Å²) in [6.45, 7) is 0.963. The normalized spacial score (nSPS) is 17.8. The molecule has 1 aromatic rings. The average molecular weight is 291 g/mol. The predicted octanol–water partition coefficient (Wildman–Crippen LogP) is 0.318. The maximum atomic E-state index is 12.3. The standard InChI is InChI=1S/C15H21N3O3/c1-16(2)15(21)12-6-5-10-18(12)14(20)8-11-17-9-4-3-7-13(17)19/h3-4,7,9,12H,5-6,8,10-11H2,1-2H3. The molecule has 21 heavy (non-hydrogen) atoms. The Balaban J connectivity index is 1.98. The number of carbonyl (C=O) groups excluding carboxylic acids is 2. The molecule has 6 heteroatoms. The molecule has 1 unspecified atom stereocenters. The second-order valence-corrected chi connectivity index (χ2v) is 5.46.